The van der Waals surface area contributed by atoms with Crippen LogP contribution in [0.4, 0.5) is 0 Å². The summed E-state index contributed by atoms with van der Waals surface area (Å²) in [4.78, 5) is 0. The fourth-order valence-corrected chi connectivity index (χ4v) is 1.67. The summed E-state index contributed by atoms with van der Waals surface area (Å²) in [5, 5.41) is 16.0. The molecule has 0 aliphatic carbocycles. The molecule has 2 rings (SSSR count). The van der Waals surface area contributed by atoms with Crippen molar-refractivity contribution in [2.24, 2.45) is 0 Å². The Labute approximate surface area is 107 Å². The van der Waals surface area contributed by atoms with Gasteiger partial charge in [-0.05, 0) is 26.0 Å². The van der Waals surface area contributed by atoms with Crippen LogP contribution in [0.1, 0.15) is 30.8 Å². The highest BCUT2D eigenvalue weighted by molar-refractivity contribution is 5.27. The average molecular weight is 245 g/mol. The molecule has 18 heavy (non-hydrogen) atoms. The third kappa shape index (κ3) is 2.73. The van der Waals surface area contributed by atoms with Crippen molar-refractivity contribution >= 4 is 0 Å². The van der Waals surface area contributed by atoms with Gasteiger partial charge in [0.05, 0.1) is 11.9 Å². The maximum absolute atomic E-state index is 4.37. The van der Waals surface area contributed by atoms with Crippen molar-refractivity contribution in [1.29, 1.82) is 0 Å². The first kappa shape index (κ1) is 12.7. The van der Waals surface area contributed by atoms with Crippen molar-refractivity contribution in [2.45, 2.75) is 40.3 Å². The average Bonchev–Trinajstić information content (AvgIpc) is 2.69. The molecule has 0 saturated heterocycles. The zero-order chi connectivity index (χ0) is 13.1. The van der Waals surface area contributed by atoms with E-state index in [-0.39, 0.29) is 0 Å². The molecular weight excluding hydrogens is 226 g/mol. The zero-order valence-corrected chi connectivity index (χ0v) is 11.3. The number of hydrogen-bond donors (Lipinski definition) is 1. The lowest BCUT2D eigenvalue weighted by molar-refractivity contribution is 0.587. The predicted molar refractivity (Wildman–Crippen MR) is 70.6 cm³/mol. The lowest BCUT2D eigenvalue weighted by Crippen LogP contribution is -2.22. The molecule has 1 N–H and O–H groups in total. The van der Waals surface area contributed by atoms with Crippen molar-refractivity contribution in [1.82, 2.24) is 25.3 Å². The molecule has 0 atom stereocenters. The SMILES string of the molecule is Cc1ccc(-n2ncc(CNC(C)C)c2C)nn1. The molecule has 2 heterocycles. The van der Waals surface area contributed by atoms with E-state index < -0.39 is 0 Å². The molecule has 0 unspecified atom stereocenters. The van der Waals surface area contributed by atoms with Gasteiger partial charge in [0, 0.05) is 23.8 Å². The van der Waals surface area contributed by atoms with E-state index in [2.05, 4.69) is 34.5 Å². The molecule has 2 aromatic rings. The monoisotopic (exact) mass is 245 g/mol. The largest absolute Gasteiger partial charge is 0.310 e. The molecule has 0 radical (unpaired) electrons. The van der Waals surface area contributed by atoms with Crippen LogP contribution in [0.15, 0.2) is 18.3 Å². The van der Waals surface area contributed by atoms with E-state index >= 15 is 0 Å². The smallest absolute Gasteiger partial charge is 0.175 e. The molecule has 0 spiro atoms. The number of rotatable bonds is 4. The van der Waals surface area contributed by atoms with E-state index in [1.54, 1.807) is 0 Å². The maximum Gasteiger partial charge on any atom is 0.175 e. The van der Waals surface area contributed by atoms with Crippen LogP contribution in [0.5, 0.6) is 0 Å². The van der Waals surface area contributed by atoms with Gasteiger partial charge in [-0.15, -0.1) is 5.10 Å². The van der Waals surface area contributed by atoms with Crippen LogP contribution in [0.25, 0.3) is 5.82 Å². The zero-order valence-electron chi connectivity index (χ0n) is 11.3. The van der Waals surface area contributed by atoms with E-state index in [9.17, 15) is 0 Å². The molecule has 2 aromatic heterocycles. The van der Waals surface area contributed by atoms with Crippen molar-refractivity contribution in [2.75, 3.05) is 0 Å². The molecule has 5 nitrogen and oxygen atoms in total. The van der Waals surface area contributed by atoms with Gasteiger partial charge in [-0.25, -0.2) is 4.68 Å². The Balaban J connectivity index is 2.22. The molecule has 0 aliphatic rings. The van der Waals surface area contributed by atoms with Crippen LogP contribution >= 0.6 is 0 Å². The summed E-state index contributed by atoms with van der Waals surface area (Å²) in [6.07, 6.45) is 1.88. The molecule has 0 saturated carbocycles. The second kappa shape index (κ2) is 5.27. The van der Waals surface area contributed by atoms with E-state index in [1.165, 1.54) is 5.56 Å². The minimum absolute atomic E-state index is 0.465. The quantitative estimate of drug-likeness (QED) is 0.892. The topological polar surface area (TPSA) is 55.6 Å². The maximum atomic E-state index is 4.37. The second-order valence-corrected chi connectivity index (χ2v) is 4.74. The Hall–Kier alpha value is -1.75. The van der Waals surface area contributed by atoms with Crippen molar-refractivity contribution < 1.29 is 0 Å². The van der Waals surface area contributed by atoms with Gasteiger partial charge in [-0.2, -0.15) is 10.2 Å². The van der Waals surface area contributed by atoms with Crippen LogP contribution in [0, 0.1) is 13.8 Å². The van der Waals surface area contributed by atoms with E-state index in [0.717, 1.165) is 23.8 Å². The van der Waals surface area contributed by atoms with Gasteiger partial charge in [0.25, 0.3) is 0 Å². The number of nitrogens with one attached hydrogen (secondary N) is 1. The highest BCUT2D eigenvalue weighted by atomic mass is 15.3. The third-order valence-corrected chi connectivity index (χ3v) is 2.81. The summed E-state index contributed by atoms with van der Waals surface area (Å²) in [7, 11) is 0. The van der Waals surface area contributed by atoms with E-state index in [0.29, 0.717) is 6.04 Å². The van der Waals surface area contributed by atoms with Gasteiger partial charge in [0.1, 0.15) is 0 Å². The number of aryl methyl sites for hydroxylation is 1. The number of aromatic nitrogens is 4. The molecular formula is C13H19N5. The molecule has 0 amide bonds. The van der Waals surface area contributed by atoms with Crippen LogP contribution in [0.3, 0.4) is 0 Å². The minimum Gasteiger partial charge on any atom is -0.310 e. The van der Waals surface area contributed by atoms with Gasteiger partial charge in [0.15, 0.2) is 5.82 Å². The van der Waals surface area contributed by atoms with Gasteiger partial charge >= 0.3 is 0 Å². The molecule has 0 aromatic carbocycles. The molecule has 0 aliphatic heterocycles. The normalized spacial score (nSPS) is 11.2. The van der Waals surface area contributed by atoms with Gasteiger partial charge < -0.3 is 5.32 Å². The summed E-state index contributed by atoms with van der Waals surface area (Å²) in [6, 6.07) is 4.34. The fourth-order valence-electron chi connectivity index (χ4n) is 1.67. The number of hydrogen-bond acceptors (Lipinski definition) is 4. The van der Waals surface area contributed by atoms with E-state index in [1.807, 2.05) is 36.9 Å². The minimum atomic E-state index is 0.465. The summed E-state index contributed by atoms with van der Waals surface area (Å²) < 4.78 is 1.82. The fraction of sp³-hybridized carbons (Fsp3) is 0.462. The van der Waals surface area contributed by atoms with Crippen molar-refractivity contribution in [3.8, 4) is 5.82 Å². The Kier molecular flexibility index (Phi) is 3.72. The predicted octanol–water partition coefficient (Wildman–Crippen LogP) is 1.78. The lowest BCUT2D eigenvalue weighted by Gasteiger charge is -2.08. The Morgan fingerprint density at radius 2 is 2.00 bits per heavy atom. The Morgan fingerprint density at radius 1 is 1.22 bits per heavy atom. The Bertz CT molecular complexity index is 513. The first-order valence-corrected chi connectivity index (χ1v) is 6.15. The number of nitrogens with zero attached hydrogens (tertiary/aromatic N) is 4. The molecule has 0 fully saturated rings. The van der Waals surface area contributed by atoms with Crippen LogP contribution in [0.2, 0.25) is 0 Å². The van der Waals surface area contributed by atoms with Gasteiger partial charge in [-0.3, -0.25) is 0 Å². The summed E-state index contributed by atoms with van der Waals surface area (Å²) in [6.45, 7) is 9.05. The summed E-state index contributed by atoms with van der Waals surface area (Å²) in [5.41, 5.74) is 3.19. The third-order valence-electron chi connectivity index (χ3n) is 2.81. The highest BCUT2D eigenvalue weighted by Crippen LogP contribution is 2.12. The van der Waals surface area contributed by atoms with Crippen molar-refractivity contribution in [3.05, 3.63) is 35.3 Å². The first-order valence-electron chi connectivity index (χ1n) is 6.15. The lowest BCUT2D eigenvalue weighted by atomic mass is 10.2. The van der Waals surface area contributed by atoms with Crippen LogP contribution < -0.4 is 5.32 Å². The molecule has 96 valence electrons. The highest BCUT2D eigenvalue weighted by Gasteiger charge is 2.09. The Morgan fingerprint density at radius 3 is 2.61 bits per heavy atom. The van der Waals surface area contributed by atoms with Gasteiger partial charge in [0.2, 0.25) is 0 Å². The second-order valence-electron chi connectivity index (χ2n) is 4.74. The van der Waals surface area contributed by atoms with Crippen LogP contribution in [-0.4, -0.2) is 26.0 Å². The van der Waals surface area contributed by atoms with Crippen LogP contribution in [-0.2, 0) is 6.54 Å². The molecule has 5 heteroatoms. The van der Waals surface area contributed by atoms with Gasteiger partial charge in [-0.1, -0.05) is 13.8 Å². The summed E-state index contributed by atoms with van der Waals surface area (Å²) >= 11 is 0. The first-order chi connectivity index (χ1) is 8.58. The summed E-state index contributed by atoms with van der Waals surface area (Å²) in [5.74, 6) is 0.758. The van der Waals surface area contributed by atoms with E-state index in [4.69, 9.17) is 0 Å². The van der Waals surface area contributed by atoms with Crippen molar-refractivity contribution in [3.63, 3.8) is 0 Å². The molecule has 0 bridgehead atoms. The standard InChI is InChI=1S/C13H19N5/c1-9(2)14-7-12-8-15-18(11(12)4)13-6-5-10(3)16-17-13/h5-6,8-9,14H,7H2,1-4H3.